The van der Waals surface area contributed by atoms with Gasteiger partial charge in [0.2, 0.25) is 0 Å². The number of pyridine rings is 1. The first kappa shape index (κ1) is 18.4. The highest BCUT2D eigenvalue weighted by molar-refractivity contribution is 5.79. The van der Waals surface area contributed by atoms with Gasteiger partial charge >= 0.3 is 5.97 Å². The molecular formula is C25H18N2O2. The van der Waals surface area contributed by atoms with Crippen molar-refractivity contribution in [3.63, 3.8) is 0 Å². The van der Waals surface area contributed by atoms with Gasteiger partial charge < -0.3 is 4.74 Å². The fraction of sp³-hybridized carbons (Fsp3) is 0.0800. The zero-order chi connectivity index (χ0) is 20.2. The lowest BCUT2D eigenvalue weighted by Gasteiger charge is -2.20. The van der Waals surface area contributed by atoms with Gasteiger partial charge in [0.05, 0.1) is 17.3 Å². The van der Waals surface area contributed by atoms with Gasteiger partial charge in [0.1, 0.15) is 0 Å². The third kappa shape index (κ3) is 3.85. The molecule has 1 aliphatic rings. The summed E-state index contributed by atoms with van der Waals surface area (Å²) in [6.07, 6.45) is 8.88. The molecule has 4 nitrogen and oxygen atoms in total. The molecule has 1 atom stereocenters. The Bertz CT molecular complexity index is 1170. The number of nitrogens with zero attached hydrogens (tertiary/aromatic N) is 2. The number of carbonyl (C=O) groups excluding carboxylic acids is 1. The summed E-state index contributed by atoms with van der Waals surface area (Å²) in [4.78, 5) is 16.4. The molecule has 0 saturated heterocycles. The molecule has 0 bridgehead atoms. The van der Waals surface area contributed by atoms with Crippen molar-refractivity contribution in [2.75, 3.05) is 0 Å². The predicted molar refractivity (Wildman–Crippen MR) is 113 cm³/mol. The van der Waals surface area contributed by atoms with Gasteiger partial charge in [-0.05, 0) is 34.9 Å². The van der Waals surface area contributed by atoms with Crippen molar-refractivity contribution in [3.05, 3.63) is 99.9 Å². The van der Waals surface area contributed by atoms with E-state index in [1.54, 1.807) is 18.3 Å². The van der Waals surface area contributed by atoms with Crippen LogP contribution >= 0.6 is 0 Å². The van der Waals surface area contributed by atoms with Crippen LogP contribution in [-0.2, 0) is 9.53 Å². The molecule has 2 aromatic carbocycles. The maximum absolute atomic E-state index is 11.9. The number of carbonyl (C=O) groups is 1. The van der Waals surface area contributed by atoms with Gasteiger partial charge in [-0.1, -0.05) is 60.7 Å². The maximum atomic E-state index is 11.9. The van der Waals surface area contributed by atoms with Gasteiger partial charge in [-0.3, -0.25) is 9.78 Å². The highest BCUT2D eigenvalue weighted by Crippen LogP contribution is 2.36. The van der Waals surface area contributed by atoms with Crippen LogP contribution in [-0.4, -0.2) is 11.0 Å². The summed E-state index contributed by atoms with van der Waals surface area (Å²) in [6, 6.07) is 19.6. The van der Waals surface area contributed by atoms with E-state index in [-0.39, 0.29) is 5.97 Å². The minimum Gasteiger partial charge on any atom is -0.453 e. The number of hydrogen-bond donors (Lipinski definition) is 0. The van der Waals surface area contributed by atoms with E-state index in [0.717, 1.165) is 27.8 Å². The van der Waals surface area contributed by atoms with Crippen LogP contribution in [0.5, 0.6) is 0 Å². The van der Waals surface area contributed by atoms with E-state index in [4.69, 9.17) is 4.74 Å². The Morgan fingerprint density at radius 2 is 1.83 bits per heavy atom. The molecule has 1 aromatic heterocycles. The molecule has 1 unspecified atom stereocenters. The van der Waals surface area contributed by atoms with Gasteiger partial charge in [0.15, 0.2) is 6.10 Å². The van der Waals surface area contributed by atoms with E-state index in [1.807, 2.05) is 66.8 Å². The molecule has 3 aromatic rings. The minimum absolute atomic E-state index is 0.388. The Balaban J connectivity index is 1.81. The van der Waals surface area contributed by atoms with E-state index in [0.29, 0.717) is 11.3 Å². The van der Waals surface area contributed by atoms with Crippen LogP contribution in [0.3, 0.4) is 0 Å². The number of rotatable bonds is 3. The number of hydrogen-bond acceptors (Lipinski definition) is 4. The molecule has 0 saturated carbocycles. The zero-order valence-corrected chi connectivity index (χ0v) is 15.9. The average Bonchev–Trinajstić information content (AvgIpc) is 2.89. The summed E-state index contributed by atoms with van der Waals surface area (Å²) in [5.74, 6) is -0.388. The van der Waals surface area contributed by atoms with Crippen LogP contribution in [0.2, 0.25) is 0 Å². The third-order valence-corrected chi connectivity index (χ3v) is 4.76. The summed E-state index contributed by atoms with van der Waals surface area (Å²) in [6.45, 7) is 1.39. The van der Waals surface area contributed by atoms with Crippen LogP contribution in [0.4, 0.5) is 0 Å². The quantitative estimate of drug-likeness (QED) is 0.583. The molecule has 0 amide bonds. The molecule has 0 fully saturated rings. The Labute approximate surface area is 169 Å². The number of esters is 1. The van der Waals surface area contributed by atoms with Crippen molar-refractivity contribution in [1.29, 1.82) is 5.26 Å². The zero-order valence-electron chi connectivity index (χ0n) is 15.9. The molecular weight excluding hydrogens is 360 g/mol. The maximum Gasteiger partial charge on any atom is 0.303 e. The summed E-state index contributed by atoms with van der Waals surface area (Å²) < 4.78 is 5.69. The lowest BCUT2D eigenvalue weighted by atomic mass is 9.94. The number of benzene rings is 2. The smallest absolute Gasteiger partial charge is 0.303 e. The fourth-order valence-corrected chi connectivity index (χ4v) is 3.42. The molecule has 0 N–H and O–H groups in total. The first-order chi connectivity index (χ1) is 14.2. The van der Waals surface area contributed by atoms with Crippen LogP contribution in [0, 0.1) is 11.3 Å². The normalized spacial score (nSPS) is 14.6. The second kappa shape index (κ2) is 7.95. The highest BCUT2D eigenvalue weighted by atomic mass is 16.5. The van der Waals surface area contributed by atoms with E-state index in [1.165, 1.54) is 6.92 Å². The Morgan fingerprint density at radius 1 is 1.03 bits per heavy atom. The predicted octanol–water partition coefficient (Wildman–Crippen LogP) is 5.26. The number of nitriles is 1. The van der Waals surface area contributed by atoms with E-state index < -0.39 is 6.10 Å². The van der Waals surface area contributed by atoms with E-state index in [2.05, 4.69) is 11.1 Å². The minimum atomic E-state index is -0.627. The molecule has 1 aliphatic carbocycles. The van der Waals surface area contributed by atoms with Crippen molar-refractivity contribution in [2.45, 2.75) is 13.0 Å². The molecule has 29 heavy (non-hydrogen) atoms. The molecule has 0 aliphatic heterocycles. The van der Waals surface area contributed by atoms with Crippen molar-refractivity contribution >= 4 is 30.3 Å². The molecule has 4 heteroatoms. The lowest BCUT2D eigenvalue weighted by Crippen LogP contribution is -2.13. The van der Waals surface area contributed by atoms with Crippen molar-refractivity contribution in [1.82, 2.24) is 4.98 Å². The monoisotopic (exact) mass is 378 g/mol. The van der Waals surface area contributed by atoms with Gasteiger partial charge in [-0.15, -0.1) is 0 Å². The first-order valence-corrected chi connectivity index (χ1v) is 9.27. The highest BCUT2D eigenvalue weighted by Gasteiger charge is 2.26. The Hall–Kier alpha value is -3.97. The van der Waals surface area contributed by atoms with Crippen molar-refractivity contribution in [3.8, 4) is 6.07 Å². The molecule has 1 heterocycles. The fourth-order valence-electron chi connectivity index (χ4n) is 3.42. The Morgan fingerprint density at radius 3 is 2.59 bits per heavy atom. The topological polar surface area (TPSA) is 63.0 Å². The second-order valence-electron chi connectivity index (χ2n) is 6.73. The van der Waals surface area contributed by atoms with Crippen LogP contribution in [0.25, 0.3) is 24.3 Å². The largest absolute Gasteiger partial charge is 0.453 e. The van der Waals surface area contributed by atoms with Crippen molar-refractivity contribution < 1.29 is 9.53 Å². The number of aromatic nitrogens is 1. The standard InChI is InChI=1S/C25H18N2O2/c1-17(28)29-25-22-9-5-8-20(15-26)21(22)12-13-24-23(25)14-19(16-27-24)11-10-18-6-3-2-4-7-18/h2-14,16,25H,1H3/b11-10+. The average molecular weight is 378 g/mol. The molecule has 0 radical (unpaired) electrons. The Kier molecular flexibility index (Phi) is 5.05. The van der Waals surface area contributed by atoms with Crippen LogP contribution in [0.1, 0.15) is 52.1 Å². The van der Waals surface area contributed by atoms with E-state index in [9.17, 15) is 10.1 Å². The van der Waals surface area contributed by atoms with Gasteiger partial charge in [-0.25, -0.2) is 0 Å². The third-order valence-electron chi connectivity index (χ3n) is 4.76. The summed E-state index contributed by atoms with van der Waals surface area (Å²) in [7, 11) is 0. The summed E-state index contributed by atoms with van der Waals surface area (Å²) in [5, 5.41) is 9.48. The molecule has 140 valence electrons. The van der Waals surface area contributed by atoms with Crippen LogP contribution in [0.15, 0.2) is 60.8 Å². The second-order valence-corrected chi connectivity index (χ2v) is 6.73. The first-order valence-electron chi connectivity index (χ1n) is 9.27. The van der Waals surface area contributed by atoms with Crippen LogP contribution < -0.4 is 0 Å². The lowest BCUT2D eigenvalue weighted by molar-refractivity contribution is -0.144. The van der Waals surface area contributed by atoms with Gasteiger partial charge in [-0.2, -0.15) is 5.26 Å². The summed E-state index contributed by atoms with van der Waals surface area (Å²) >= 11 is 0. The molecule has 0 spiro atoms. The number of fused-ring (bicyclic) bond motifs is 2. The van der Waals surface area contributed by atoms with Crippen molar-refractivity contribution in [2.24, 2.45) is 0 Å². The van der Waals surface area contributed by atoms with E-state index >= 15 is 0 Å². The molecule has 4 rings (SSSR count). The van der Waals surface area contributed by atoms with Gasteiger partial charge in [0.25, 0.3) is 0 Å². The summed E-state index contributed by atoms with van der Waals surface area (Å²) in [5.41, 5.74) is 5.56. The number of ether oxygens (including phenoxy) is 1. The van der Waals surface area contributed by atoms with Gasteiger partial charge in [0, 0.05) is 24.2 Å². The SMILES string of the molecule is CC(=O)OC1c2cc(/C=C/c3ccccc3)cnc2C=Cc2c(C#N)cccc21.